The lowest BCUT2D eigenvalue weighted by Crippen LogP contribution is -2.40. The standard InChI is InChI=1S/C20H22O5/c1-4-24-18(22)20(19(23)25-5-2)10-15-12(3)17(21)14-9-7-6-8-13(14)16(15)11-20/h6-9,11-12,15H,4-5,10H2,1-3H3. The van der Waals surface area contributed by atoms with Gasteiger partial charge in [0.25, 0.3) is 0 Å². The van der Waals surface area contributed by atoms with Gasteiger partial charge in [0.15, 0.2) is 11.2 Å². The van der Waals surface area contributed by atoms with E-state index in [9.17, 15) is 14.4 Å². The van der Waals surface area contributed by atoms with Crippen LogP contribution in [0, 0.1) is 17.3 Å². The molecular weight excluding hydrogens is 320 g/mol. The number of rotatable bonds is 4. The first kappa shape index (κ1) is 17.4. The van der Waals surface area contributed by atoms with Crippen molar-refractivity contribution in [3.63, 3.8) is 0 Å². The highest BCUT2D eigenvalue weighted by Crippen LogP contribution is 2.52. The van der Waals surface area contributed by atoms with Crippen molar-refractivity contribution >= 4 is 23.3 Å². The van der Waals surface area contributed by atoms with Gasteiger partial charge < -0.3 is 9.47 Å². The zero-order valence-corrected chi connectivity index (χ0v) is 14.7. The fraction of sp³-hybridized carbons (Fsp3) is 0.450. The van der Waals surface area contributed by atoms with E-state index in [1.54, 1.807) is 26.0 Å². The van der Waals surface area contributed by atoms with Crippen LogP contribution in [-0.2, 0) is 19.1 Å². The summed E-state index contributed by atoms with van der Waals surface area (Å²) in [6.07, 6.45) is 1.89. The fourth-order valence-corrected chi connectivity index (χ4v) is 3.88. The molecule has 0 saturated heterocycles. The Morgan fingerprint density at radius 1 is 1.08 bits per heavy atom. The van der Waals surface area contributed by atoms with Gasteiger partial charge in [0.05, 0.1) is 13.2 Å². The van der Waals surface area contributed by atoms with E-state index in [4.69, 9.17) is 9.47 Å². The normalized spacial score (nSPS) is 23.3. The van der Waals surface area contributed by atoms with Crippen molar-refractivity contribution in [2.75, 3.05) is 13.2 Å². The maximum atomic E-state index is 12.7. The zero-order valence-electron chi connectivity index (χ0n) is 14.7. The van der Waals surface area contributed by atoms with Gasteiger partial charge in [-0.3, -0.25) is 14.4 Å². The molecule has 2 aliphatic rings. The van der Waals surface area contributed by atoms with E-state index in [0.717, 1.165) is 11.1 Å². The van der Waals surface area contributed by atoms with Crippen molar-refractivity contribution in [3.05, 3.63) is 41.5 Å². The Balaban J connectivity index is 2.14. The van der Waals surface area contributed by atoms with Crippen LogP contribution >= 0.6 is 0 Å². The van der Waals surface area contributed by atoms with Crippen molar-refractivity contribution in [2.24, 2.45) is 17.3 Å². The third kappa shape index (κ3) is 2.58. The molecular formula is C20H22O5. The molecule has 0 radical (unpaired) electrons. The smallest absolute Gasteiger partial charge is 0.327 e. The van der Waals surface area contributed by atoms with Crippen molar-refractivity contribution < 1.29 is 23.9 Å². The molecule has 0 N–H and O–H groups in total. The van der Waals surface area contributed by atoms with Crippen LogP contribution in [-0.4, -0.2) is 30.9 Å². The predicted octanol–water partition coefficient (Wildman–Crippen LogP) is 3.03. The number of benzene rings is 1. The highest BCUT2D eigenvalue weighted by Gasteiger charge is 2.56. The van der Waals surface area contributed by atoms with E-state index in [1.807, 2.05) is 25.1 Å². The Morgan fingerprint density at radius 3 is 2.20 bits per heavy atom. The average Bonchev–Trinajstić information content (AvgIpc) is 3.03. The first-order valence-electron chi connectivity index (χ1n) is 8.67. The molecule has 0 fully saturated rings. The topological polar surface area (TPSA) is 69.7 Å². The maximum absolute atomic E-state index is 12.7. The van der Waals surface area contributed by atoms with Crippen LogP contribution in [0.4, 0.5) is 0 Å². The summed E-state index contributed by atoms with van der Waals surface area (Å²) in [7, 11) is 0. The highest BCUT2D eigenvalue weighted by atomic mass is 16.6. The van der Waals surface area contributed by atoms with E-state index in [0.29, 0.717) is 5.56 Å². The lowest BCUT2D eigenvalue weighted by atomic mass is 9.72. The van der Waals surface area contributed by atoms with Crippen LogP contribution in [0.1, 0.15) is 43.1 Å². The molecule has 2 unspecified atom stereocenters. The van der Waals surface area contributed by atoms with Gasteiger partial charge in [-0.15, -0.1) is 0 Å². The van der Waals surface area contributed by atoms with E-state index < -0.39 is 17.4 Å². The number of Topliss-reactive ketones (excluding diaryl/α,β-unsaturated/α-hetero) is 1. The molecule has 0 spiro atoms. The Morgan fingerprint density at radius 2 is 1.64 bits per heavy atom. The summed E-state index contributed by atoms with van der Waals surface area (Å²) in [5.74, 6) is -1.66. The number of fused-ring (bicyclic) bond motifs is 3. The second-order valence-corrected chi connectivity index (χ2v) is 6.52. The van der Waals surface area contributed by atoms with Crippen molar-refractivity contribution in [1.29, 1.82) is 0 Å². The lowest BCUT2D eigenvalue weighted by Gasteiger charge is -2.30. The van der Waals surface area contributed by atoms with E-state index in [-0.39, 0.29) is 37.3 Å². The minimum atomic E-state index is -1.47. The van der Waals surface area contributed by atoms with Gasteiger partial charge in [0.1, 0.15) is 0 Å². The van der Waals surface area contributed by atoms with Gasteiger partial charge >= 0.3 is 11.9 Å². The molecule has 5 heteroatoms. The SMILES string of the molecule is CCOC(=O)C1(C(=O)OCC)C=C2c3ccccc3C(=O)C(C)C2C1. The molecule has 1 aromatic rings. The number of hydrogen-bond acceptors (Lipinski definition) is 5. The number of carbonyl (C=O) groups excluding carboxylic acids is 3. The van der Waals surface area contributed by atoms with Gasteiger partial charge in [-0.2, -0.15) is 0 Å². The Labute approximate surface area is 147 Å². The van der Waals surface area contributed by atoms with Crippen LogP contribution in [0.2, 0.25) is 0 Å². The number of hydrogen-bond donors (Lipinski definition) is 0. The van der Waals surface area contributed by atoms with Gasteiger partial charge in [0.2, 0.25) is 0 Å². The summed E-state index contributed by atoms with van der Waals surface area (Å²) in [5, 5.41) is 0. The first-order chi connectivity index (χ1) is 12.0. The highest BCUT2D eigenvalue weighted by molar-refractivity contribution is 6.10. The number of esters is 2. The van der Waals surface area contributed by atoms with Crippen LogP contribution in [0.5, 0.6) is 0 Å². The monoisotopic (exact) mass is 342 g/mol. The predicted molar refractivity (Wildman–Crippen MR) is 91.7 cm³/mol. The first-order valence-corrected chi connectivity index (χ1v) is 8.67. The molecule has 25 heavy (non-hydrogen) atoms. The molecule has 0 saturated carbocycles. The van der Waals surface area contributed by atoms with Crippen LogP contribution in [0.25, 0.3) is 5.57 Å². The molecule has 2 aliphatic carbocycles. The van der Waals surface area contributed by atoms with E-state index in [2.05, 4.69) is 0 Å². The minimum Gasteiger partial charge on any atom is -0.465 e. The molecule has 3 rings (SSSR count). The molecule has 132 valence electrons. The van der Waals surface area contributed by atoms with E-state index >= 15 is 0 Å². The molecule has 0 heterocycles. The van der Waals surface area contributed by atoms with Crippen molar-refractivity contribution in [1.82, 2.24) is 0 Å². The summed E-state index contributed by atoms with van der Waals surface area (Å²) >= 11 is 0. The fourth-order valence-electron chi connectivity index (χ4n) is 3.88. The van der Waals surface area contributed by atoms with Crippen LogP contribution < -0.4 is 0 Å². The van der Waals surface area contributed by atoms with Gasteiger partial charge in [-0.1, -0.05) is 37.3 Å². The quantitative estimate of drug-likeness (QED) is 0.621. The molecule has 0 bridgehead atoms. The summed E-state index contributed by atoms with van der Waals surface area (Å²) < 4.78 is 10.4. The largest absolute Gasteiger partial charge is 0.465 e. The minimum absolute atomic E-state index is 0.0428. The molecule has 5 nitrogen and oxygen atoms in total. The number of allylic oxidation sites excluding steroid dienone is 1. The van der Waals surface area contributed by atoms with Gasteiger partial charge in [0, 0.05) is 11.5 Å². The lowest BCUT2D eigenvalue weighted by molar-refractivity contribution is -0.168. The Kier molecular flexibility index (Phi) is 4.50. The Hall–Kier alpha value is -2.43. The molecule has 0 amide bonds. The molecule has 1 aromatic carbocycles. The number of ketones is 1. The van der Waals surface area contributed by atoms with Gasteiger partial charge in [-0.05, 0) is 37.3 Å². The van der Waals surface area contributed by atoms with Crippen LogP contribution in [0.3, 0.4) is 0 Å². The number of ether oxygens (including phenoxy) is 2. The second kappa shape index (κ2) is 6.47. The molecule has 0 aromatic heterocycles. The Bertz CT molecular complexity index is 743. The average molecular weight is 342 g/mol. The third-order valence-corrected chi connectivity index (χ3v) is 5.14. The van der Waals surface area contributed by atoms with Gasteiger partial charge in [-0.25, -0.2) is 0 Å². The third-order valence-electron chi connectivity index (χ3n) is 5.14. The number of carbonyl (C=O) groups is 3. The maximum Gasteiger partial charge on any atom is 0.327 e. The summed E-state index contributed by atoms with van der Waals surface area (Å²) in [6.45, 7) is 5.61. The van der Waals surface area contributed by atoms with Crippen molar-refractivity contribution in [2.45, 2.75) is 27.2 Å². The second-order valence-electron chi connectivity index (χ2n) is 6.52. The summed E-state index contributed by atoms with van der Waals surface area (Å²) in [4.78, 5) is 38.1. The molecule has 2 atom stereocenters. The van der Waals surface area contributed by atoms with Crippen molar-refractivity contribution in [3.8, 4) is 0 Å². The van der Waals surface area contributed by atoms with E-state index in [1.165, 1.54) is 0 Å². The summed E-state index contributed by atoms with van der Waals surface area (Å²) in [6, 6.07) is 7.34. The van der Waals surface area contributed by atoms with Crippen LogP contribution in [0.15, 0.2) is 30.3 Å². The summed E-state index contributed by atoms with van der Waals surface area (Å²) in [5.41, 5.74) is 0.828. The zero-order chi connectivity index (χ0) is 18.2. The molecule has 0 aliphatic heterocycles.